The zero-order chi connectivity index (χ0) is 13.7. The van der Waals surface area contributed by atoms with Crippen molar-refractivity contribution in [2.45, 2.75) is 50.1 Å². The second kappa shape index (κ2) is 4.59. The van der Waals surface area contributed by atoms with Crippen molar-refractivity contribution in [3.8, 4) is 0 Å². The summed E-state index contributed by atoms with van der Waals surface area (Å²) >= 11 is 0. The highest BCUT2D eigenvalue weighted by molar-refractivity contribution is 5.84. The summed E-state index contributed by atoms with van der Waals surface area (Å²) < 4.78 is 0. The normalized spacial score (nSPS) is 38.0. The van der Waals surface area contributed by atoms with E-state index < -0.39 is 0 Å². The molecule has 1 aromatic carbocycles. The van der Waals surface area contributed by atoms with E-state index >= 15 is 0 Å². The number of carbonyl (C=O) groups is 1. The predicted octanol–water partition coefficient (Wildman–Crippen LogP) is 1.96. The Hall–Kier alpha value is -1.35. The Labute approximate surface area is 119 Å². The van der Waals surface area contributed by atoms with Gasteiger partial charge < -0.3 is 11.1 Å². The minimum absolute atomic E-state index is 0.159. The highest BCUT2D eigenvalue weighted by atomic mass is 16.2. The number of nitrogens with two attached hydrogens (primary N) is 1. The third-order valence-electron chi connectivity index (χ3n) is 5.53. The molecule has 0 spiro atoms. The molecule has 2 fully saturated rings. The molecule has 1 amide bonds. The maximum atomic E-state index is 12.5. The minimum Gasteiger partial charge on any atom is -0.352 e. The molecule has 5 unspecified atom stereocenters. The van der Waals surface area contributed by atoms with E-state index in [1.807, 2.05) is 0 Å². The number of carbonyl (C=O) groups excluding carboxylic acids is 1. The van der Waals surface area contributed by atoms with Crippen molar-refractivity contribution >= 4 is 5.91 Å². The van der Waals surface area contributed by atoms with Crippen LogP contribution < -0.4 is 11.1 Å². The number of benzene rings is 1. The summed E-state index contributed by atoms with van der Waals surface area (Å²) in [4.78, 5) is 12.5. The molecule has 0 aliphatic heterocycles. The number of amides is 1. The average molecular weight is 270 g/mol. The third-order valence-corrected chi connectivity index (χ3v) is 5.53. The van der Waals surface area contributed by atoms with Crippen LogP contribution in [0.4, 0.5) is 0 Å². The van der Waals surface area contributed by atoms with Gasteiger partial charge in [-0.05, 0) is 55.1 Å². The van der Waals surface area contributed by atoms with Gasteiger partial charge in [0.2, 0.25) is 5.91 Å². The number of fused-ring (bicyclic) bond motifs is 3. The molecule has 4 rings (SSSR count). The number of nitrogens with one attached hydrogen (secondary N) is 1. The van der Waals surface area contributed by atoms with Gasteiger partial charge in [0, 0.05) is 18.0 Å². The first-order valence-corrected chi connectivity index (χ1v) is 7.89. The first-order chi connectivity index (χ1) is 9.75. The van der Waals surface area contributed by atoms with Crippen LogP contribution in [0.25, 0.3) is 0 Å². The zero-order valence-electron chi connectivity index (χ0n) is 11.7. The van der Waals surface area contributed by atoms with Gasteiger partial charge in [0.25, 0.3) is 0 Å². The fourth-order valence-corrected chi connectivity index (χ4v) is 4.37. The van der Waals surface area contributed by atoms with Crippen LogP contribution in [0.1, 0.15) is 42.7 Å². The second-order valence-electron chi connectivity index (χ2n) is 6.66. The Morgan fingerprint density at radius 1 is 1.20 bits per heavy atom. The molecule has 2 saturated carbocycles. The van der Waals surface area contributed by atoms with Crippen LogP contribution in [0.15, 0.2) is 24.3 Å². The highest BCUT2D eigenvalue weighted by Crippen LogP contribution is 2.59. The maximum absolute atomic E-state index is 12.5. The zero-order valence-corrected chi connectivity index (χ0v) is 11.7. The third kappa shape index (κ3) is 1.87. The molecule has 3 N–H and O–H groups in total. The van der Waals surface area contributed by atoms with Crippen LogP contribution in [0.2, 0.25) is 0 Å². The Morgan fingerprint density at radius 3 is 2.85 bits per heavy atom. The number of hydrogen-bond donors (Lipinski definition) is 2. The van der Waals surface area contributed by atoms with Crippen molar-refractivity contribution in [2.75, 3.05) is 0 Å². The van der Waals surface area contributed by atoms with Gasteiger partial charge in [0.1, 0.15) is 0 Å². The summed E-state index contributed by atoms with van der Waals surface area (Å²) in [5.41, 5.74) is 8.92. The first kappa shape index (κ1) is 12.4. The maximum Gasteiger partial charge on any atom is 0.224 e. The van der Waals surface area contributed by atoms with Crippen LogP contribution in [0.5, 0.6) is 0 Å². The molecule has 0 bridgehead atoms. The van der Waals surface area contributed by atoms with Crippen LogP contribution in [0.3, 0.4) is 0 Å². The molecule has 20 heavy (non-hydrogen) atoms. The van der Waals surface area contributed by atoms with E-state index in [0.29, 0.717) is 11.8 Å². The lowest BCUT2D eigenvalue weighted by molar-refractivity contribution is -0.123. The van der Waals surface area contributed by atoms with Gasteiger partial charge in [-0.2, -0.15) is 0 Å². The average Bonchev–Trinajstić information content (AvgIpc) is 3.09. The standard InChI is InChI=1S/C17H22N2O/c18-13-6-3-7-14(13)19-17(20)16-12-9-8-10-4-1-2-5-11(10)15(12)16/h1-2,4-5,12-16H,3,6-9,18H2,(H,19,20). The van der Waals surface area contributed by atoms with Crippen molar-refractivity contribution in [3.63, 3.8) is 0 Å². The lowest BCUT2D eigenvalue weighted by atomic mass is 9.92. The van der Waals surface area contributed by atoms with Gasteiger partial charge in [0.05, 0.1) is 0 Å². The van der Waals surface area contributed by atoms with Gasteiger partial charge >= 0.3 is 0 Å². The molecule has 3 aliphatic rings. The fourth-order valence-electron chi connectivity index (χ4n) is 4.37. The van der Waals surface area contributed by atoms with E-state index in [-0.39, 0.29) is 23.9 Å². The molecule has 5 atom stereocenters. The van der Waals surface area contributed by atoms with Crippen molar-refractivity contribution in [1.29, 1.82) is 0 Å². The van der Waals surface area contributed by atoms with Crippen molar-refractivity contribution in [3.05, 3.63) is 35.4 Å². The lowest BCUT2D eigenvalue weighted by Gasteiger charge is -2.17. The highest BCUT2D eigenvalue weighted by Gasteiger charge is 2.57. The van der Waals surface area contributed by atoms with Crippen molar-refractivity contribution in [1.82, 2.24) is 5.32 Å². The van der Waals surface area contributed by atoms with Crippen molar-refractivity contribution in [2.24, 2.45) is 17.6 Å². The molecule has 0 heterocycles. The SMILES string of the molecule is NC1CCCC1NC(=O)C1C2CCc3ccccc3C21. The Bertz CT molecular complexity index is 542. The minimum atomic E-state index is 0.159. The molecule has 0 aromatic heterocycles. The quantitative estimate of drug-likeness (QED) is 0.863. The molecule has 3 heteroatoms. The smallest absolute Gasteiger partial charge is 0.224 e. The number of rotatable bonds is 2. The first-order valence-electron chi connectivity index (χ1n) is 7.89. The number of aryl methyl sites for hydroxylation is 1. The Kier molecular flexibility index (Phi) is 2.84. The van der Waals surface area contributed by atoms with E-state index in [1.165, 1.54) is 11.1 Å². The molecular formula is C17H22N2O. The van der Waals surface area contributed by atoms with Crippen molar-refractivity contribution < 1.29 is 4.79 Å². The van der Waals surface area contributed by atoms with Gasteiger partial charge in [-0.1, -0.05) is 24.3 Å². The summed E-state index contributed by atoms with van der Waals surface area (Å²) in [6.07, 6.45) is 5.53. The summed E-state index contributed by atoms with van der Waals surface area (Å²) in [5.74, 6) is 1.49. The molecule has 0 saturated heterocycles. The summed E-state index contributed by atoms with van der Waals surface area (Å²) in [6, 6.07) is 8.99. The molecule has 3 aliphatic carbocycles. The van der Waals surface area contributed by atoms with E-state index in [1.54, 1.807) is 0 Å². The predicted molar refractivity (Wildman–Crippen MR) is 78.2 cm³/mol. The van der Waals surface area contributed by atoms with Gasteiger partial charge in [0.15, 0.2) is 0 Å². The molecule has 106 valence electrons. The van der Waals surface area contributed by atoms with Gasteiger partial charge in [-0.25, -0.2) is 0 Å². The van der Waals surface area contributed by atoms with Crippen LogP contribution in [-0.2, 0) is 11.2 Å². The lowest BCUT2D eigenvalue weighted by Crippen LogP contribution is -2.44. The van der Waals surface area contributed by atoms with Gasteiger partial charge in [-0.15, -0.1) is 0 Å². The fraction of sp³-hybridized carbons (Fsp3) is 0.588. The summed E-state index contributed by atoms with van der Waals surface area (Å²) in [7, 11) is 0. The monoisotopic (exact) mass is 270 g/mol. The molecule has 3 nitrogen and oxygen atoms in total. The molecule has 0 radical (unpaired) electrons. The molecule has 1 aromatic rings. The second-order valence-corrected chi connectivity index (χ2v) is 6.66. The number of hydrogen-bond acceptors (Lipinski definition) is 2. The van der Waals surface area contributed by atoms with E-state index in [0.717, 1.165) is 32.1 Å². The van der Waals surface area contributed by atoms with E-state index in [4.69, 9.17) is 5.73 Å². The largest absolute Gasteiger partial charge is 0.352 e. The van der Waals surface area contributed by atoms with E-state index in [9.17, 15) is 4.79 Å². The van der Waals surface area contributed by atoms with E-state index in [2.05, 4.69) is 29.6 Å². The molecular weight excluding hydrogens is 248 g/mol. The van der Waals surface area contributed by atoms with Crippen LogP contribution in [-0.4, -0.2) is 18.0 Å². The summed E-state index contributed by atoms with van der Waals surface area (Å²) in [6.45, 7) is 0. The Morgan fingerprint density at radius 2 is 2.05 bits per heavy atom. The summed E-state index contributed by atoms with van der Waals surface area (Å²) in [5, 5.41) is 3.21. The van der Waals surface area contributed by atoms with Crippen LogP contribution in [0, 0.1) is 11.8 Å². The topological polar surface area (TPSA) is 55.1 Å². The van der Waals surface area contributed by atoms with Gasteiger partial charge in [-0.3, -0.25) is 4.79 Å². The Balaban J connectivity index is 1.48. The van der Waals surface area contributed by atoms with Crippen LogP contribution >= 0.6 is 0 Å².